The van der Waals surface area contributed by atoms with Crippen molar-refractivity contribution < 1.29 is 17.9 Å². The molecule has 3 aromatic carbocycles. The molecule has 1 aromatic heterocycles. The van der Waals surface area contributed by atoms with Gasteiger partial charge in [0.25, 0.3) is 5.91 Å². The van der Waals surface area contributed by atoms with Gasteiger partial charge in [0.1, 0.15) is 5.75 Å². The minimum Gasteiger partial charge on any atom is -0.494 e. The number of aromatic nitrogens is 1. The maximum absolute atomic E-state index is 12.8. The number of carbonyl (C=O) groups is 1. The minimum absolute atomic E-state index is 0.221. The first-order valence-corrected chi connectivity index (χ1v) is 12.1. The van der Waals surface area contributed by atoms with Crippen LogP contribution in [0.1, 0.15) is 15.9 Å². The zero-order valence-electron chi connectivity index (χ0n) is 18.7. The van der Waals surface area contributed by atoms with Gasteiger partial charge in [-0.15, -0.1) is 0 Å². The number of nitrogens with one attached hydrogen (secondary N) is 3. The second kappa shape index (κ2) is 8.59. The van der Waals surface area contributed by atoms with E-state index in [0.717, 1.165) is 39.3 Å². The summed E-state index contributed by atoms with van der Waals surface area (Å²) < 4.78 is 31.5. The van der Waals surface area contributed by atoms with Crippen LogP contribution in [-0.2, 0) is 10.0 Å². The molecule has 0 atom stereocenters. The Bertz CT molecular complexity index is 1500. The lowest BCUT2D eigenvalue weighted by Crippen LogP contribution is -2.20. The second-order valence-electron chi connectivity index (χ2n) is 7.65. The summed E-state index contributed by atoms with van der Waals surface area (Å²) in [7, 11) is -0.578. The highest BCUT2D eigenvalue weighted by Gasteiger charge is 2.21. The van der Waals surface area contributed by atoms with Crippen LogP contribution in [0.2, 0.25) is 0 Å². The summed E-state index contributed by atoms with van der Waals surface area (Å²) in [6, 6.07) is 16.7. The molecule has 0 radical (unpaired) electrons. The molecule has 0 unspecified atom stereocenters. The number of methoxy groups -OCH3 is 1. The van der Waals surface area contributed by atoms with E-state index < -0.39 is 15.9 Å². The molecule has 33 heavy (non-hydrogen) atoms. The molecule has 0 spiro atoms. The van der Waals surface area contributed by atoms with E-state index in [1.807, 2.05) is 49.4 Å². The van der Waals surface area contributed by atoms with Crippen LogP contribution in [0.4, 0.5) is 17.1 Å². The summed E-state index contributed by atoms with van der Waals surface area (Å²) in [5.74, 6) is -0.0873. The monoisotopic (exact) mass is 464 g/mol. The SMILES string of the molecule is CNC(=O)c1cc(NS(C)(=O)=O)cc(OC)c1Nc1c2ccccc2nc2c(C)cccc12. The average molecular weight is 465 g/mol. The predicted molar refractivity (Wildman–Crippen MR) is 132 cm³/mol. The van der Waals surface area contributed by atoms with Crippen molar-refractivity contribution >= 4 is 54.8 Å². The highest BCUT2D eigenvalue weighted by Crippen LogP contribution is 2.40. The first-order chi connectivity index (χ1) is 15.7. The van der Waals surface area contributed by atoms with E-state index in [1.165, 1.54) is 26.3 Å². The van der Waals surface area contributed by atoms with Gasteiger partial charge in [-0.1, -0.05) is 36.4 Å². The topological polar surface area (TPSA) is 109 Å². The lowest BCUT2D eigenvalue weighted by molar-refractivity contribution is 0.0963. The Morgan fingerprint density at radius 3 is 2.42 bits per heavy atom. The number of rotatable bonds is 6. The number of nitrogens with zero attached hydrogens (tertiary/aromatic N) is 1. The number of anilines is 3. The van der Waals surface area contributed by atoms with E-state index in [-0.39, 0.29) is 11.3 Å². The molecule has 0 aliphatic heterocycles. The van der Waals surface area contributed by atoms with Crippen molar-refractivity contribution in [1.82, 2.24) is 10.3 Å². The molecule has 4 rings (SSSR count). The Morgan fingerprint density at radius 2 is 1.73 bits per heavy atom. The highest BCUT2D eigenvalue weighted by molar-refractivity contribution is 7.92. The maximum atomic E-state index is 12.8. The number of sulfonamides is 1. The fraction of sp³-hybridized carbons (Fsp3) is 0.167. The Morgan fingerprint density at radius 1 is 1.00 bits per heavy atom. The molecule has 0 aliphatic rings. The van der Waals surface area contributed by atoms with Crippen molar-refractivity contribution in [2.45, 2.75) is 6.92 Å². The number of benzene rings is 3. The Labute approximate surface area is 192 Å². The fourth-order valence-corrected chi connectivity index (χ4v) is 4.35. The molecule has 1 amide bonds. The van der Waals surface area contributed by atoms with Crippen LogP contribution in [0.5, 0.6) is 5.75 Å². The van der Waals surface area contributed by atoms with E-state index in [9.17, 15) is 13.2 Å². The van der Waals surface area contributed by atoms with Crippen LogP contribution in [0, 0.1) is 6.92 Å². The van der Waals surface area contributed by atoms with Gasteiger partial charge in [-0.05, 0) is 24.6 Å². The fourth-order valence-electron chi connectivity index (χ4n) is 3.81. The number of hydrogen-bond acceptors (Lipinski definition) is 6. The zero-order valence-corrected chi connectivity index (χ0v) is 19.5. The van der Waals surface area contributed by atoms with E-state index in [1.54, 1.807) is 0 Å². The third-order valence-corrected chi connectivity index (χ3v) is 5.87. The van der Waals surface area contributed by atoms with Crippen LogP contribution in [0.25, 0.3) is 21.8 Å². The van der Waals surface area contributed by atoms with Gasteiger partial charge in [-0.25, -0.2) is 13.4 Å². The van der Waals surface area contributed by atoms with Crippen molar-refractivity contribution in [3.63, 3.8) is 0 Å². The minimum atomic E-state index is -3.55. The summed E-state index contributed by atoms with van der Waals surface area (Å²) in [6.45, 7) is 2.00. The zero-order chi connectivity index (χ0) is 23.8. The maximum Gasteiger partial charge on any atom is 0.253 e. The quantitative estimate of drug-likeness (QED) is 0.369. The normalized spacial score (nSPS) is 11.4. The largest absolute Gasteiger partial charge is 0.494 e. The molecular formula is C24H24N4O4S. The number of ether oxygens (including phenoxy) is 1. The first kappa shape index (κ1) is 22.3. The number of amides is 1. The summed E-state index contributed by atoms with van der Waals surface area (Å²) in [4.78, 5) is 17.6. The Balaban J connectivity index is 2.00. The van der Waals surface area contributed by atoms with Crippen molar-refractivity contribution in [3.8, 4) is 5.75 Å². The Hall–Kier alpha value is -3.85. The van der Waals surface area contributed by atoms with Gasteiger partial charge in [-0.2, -0.15) is 0 Å². The molecule has 9 heteroatoms. The summed E-state index contributed by atoms with van der Waals surface area (Å²) in [5, 5.41) is 7.78. The number of fused-ring (bicyclic) bond motifs is 2. The second-order valence-corrected chi connectivity index (χ2v) is 9.40. The number of pyridine rings is 1. The third kappa shape index (κ3) is 4.40. The van der Waals surface area contributed by atoms with Crippen molar-refractivity contribution in [2.75, 3.05) is 30.5 Å². The molecule has 0 saturated heterocycles. The van der Waals surface area contributed by atoms with Gasteiger partial charge in [0, 0.05) is 23.9 Å². The van der Waals surface area contributed by atoms with Crippen molar-refractivity contribution in [1.29, 1.82) is 0 Å². The lowest BCUT2D eigenvalue weighted by Gasteiger charge is -2.20. The molecule has 3 N–H and O–H groups in total. The van der Waals surface area contributed by atoms with Gasteiger partial charge < -0.3 is 15.4 Å². The van der Waals surface area contributed by atoms with Crippen LogP contribution in [-0.4, -0.2) is 39.7 Å². The summed E-state index contributed by atoms with van der Waals surface area (Å²) in [6.07, 6.45) is 1.04. The molecule has 0 fully saturated rings. The van der Waals surface area contributed by atoms with Gasteiger partial charge in [0.05, 0.1) is 47.0 Å². The van der Waals surface area contributed by atoms with Crippen LogP contribution in [0.3, 0.4) is 0 Å². The van der Waals surface area contributed by atoms with Crippen LogP contribution >= 0.6 is 0 Å². The number of hydrogen-bond donors (Lipinski definition) is 3. The van der Waals surface area contributed by atoms with Crippen molar-refractivity contribution in [2.24, 2.45) is 0 Å². The Kier molecular flexibility index (Phi) is 5.82. The van der Waals surface area contributed by atoms with Crippen molar-refractivity contribution in [3.05, 3.63) is 65.7 Å². The molecule has 4 aromatic rings. The van der Waals surface area contributed by atoms with Gasteiger partial charge in [0.15, 0.2) is 0 Å². The smallest absolute Gasteiger partial charge is 0.253 e. The van der Waals surface area contributed by atoms with Crippen LogP contribution < -0.4 is 20.1 Å². The molecule has 0 saturated carbocycles. The summed E-state index contributed by atoms with van der Waals surface area (Å²) in [5.41, 5.74) is 4.30. The van der Waals surface area contributed by atoms with E-state index >= 15 is 0 Å². The summed E-state index contributed by atoms with van der Waals surface area (Å²) >= 11 is 0. The number of aryl methyl sites for hydroxylation is 1. The molecule has 0 bridgehead atoms. The third-order valence-electron chi connectivity index (χ3n) is 5.26. The lowest BCUT2D eigenvalue weighted by atomic mass is 10.0. The molecular weight excluding hydrogens is 440 g/mol. The average Bonchev–Trinajstić information content (AvgIpc) is 2.78. The standard InChI is InChI=1S/C24H24N4O4S/c1-14-8-7-10-17-21(14)26-19-11-6-5-9-16(19)22(17)27-23-18(24(29)25-2)12-15(13-20(23)32-3)28-33(4,30)31/h5-13,28H,1-4H3,(H,25,29)(H,26,27). The number of carbonyl (C=O) groups excluding carboxylic acids is 1. The molecule has 8 nitrogen and oxygen atoms in total. The van der Waals surface area contributed by atoms with E-state index in [0.29, 0.717) is 11.4 Å². The van der Waals surface area contributed by atoms with Gasteiger partial charge >= 0.3 is 0 Å². The molecule has 1 heterocycles. The molecule has 0 aliphatic carbocycles. The van der Waals surface area contributed by atoms with E-state index in [4.69, 9.17) is 9.72 Å². The van der Waals surface area contributed by atoms with Crippen LogP contribution in [0.15, 0.2) is 54.6 Å². The van der Waals surface area contributed by atoms with E-state index in [2.05, 4.69) is 15.4 Å². The highest BCUT2D eigenvalue weighted by atomic mass is 32.2. The van der Waals surface area contributed by atoms with Gasteiger partial charge in [0.2, 0.25) is 10.0 Å². The predicted octanol–water partition coefficient (Wildman–Crippen LogP) is 4.18. The first-order valence-electron chi connectivity index (χ1n) is 10.2. The number of para-hydroxylation sites is 2. The van der Waals surface area contributed by atoms with Gasteiger partial charge in [-0.3, -0.25) is 9.52 Å². The molecule has 170 valence electrons.